The number of rotatable bonds is 5. The van der Waals surface area contributed by atoms with Crippen LogP contribution in [0.2, 0.25) is 0 Å². The number of hydrogen-bond donors (Lipinski definition) is 1. The van der Waals surface area contributed by atoms with Crippen LogP contribution in [0, 0.1) is 0 Å². The Morgan fingerprint density at radius 3 is 2.70 bits per heavy atom. The minimum absolute atomic E-state index is 0.109. The number of esters is 1. The Hall–Kier alpha value is -1.51. The molecule has 1 aromatic rings. The average molecular weight is 309 g/mol. The zero-order chi connectivity index (χ0) is 15.3. The van der Waals surface area contributed by atoms with Gasteiger partial charge in [-0.3, -0.25) is 0 Å². The van der Waals surface area contributed by atoms with Crippen molar-refractivity contribution in [2.24, 2.45) is 0 Å². The van der Waals surface area contributed by atoms with E-state index >= 15 is 0 Å². The molecule has 1 N–H and O–H groups in total. The summed E-state index contributed by atoms with van der Waals surface area (Å²) in [7, 11) is 0. The quantitative estimate of drug-likeness (QED) is 0.512. The second-order valence-electron chi connectivity index (χ2n) is 3.75. The van der Waals surface area contributed by atoms with Crippen molar-refractivity contribution in [3.63, 3.8) is 0 Å². The van der Waals surface area contributed by atoms with Crippen molar-refractivity contribution < 1.29 is 22.7 Å². The Labute approximate surface area is 118 Å². The largest absolute Gasteiger partial charge is 0.462 e. The number of alkyl halides is 3. The summed E-state index contributed by atoms with van der Waals surface area (Å²) in [4.78, 5) is 19.4. The van der Waals surface area contributed by atoms with Crippen LogP contribution in [0.25, 0.3) is 0 Å². The highest BCUT2D eigenvalue weighted by Crippen LogP contribution is 2.25. The molecule has 1 atom stereocenters. The summed E-state index contributed by atoms with van der Waals surface area (Å²) in [6.07, 6.45) is -1.62. The molecule has 0 spiro atoms. The van der Waals surface area contributed by atoms with Gasteiger partial charge >= 0.3 is 12.1 Å². The van der Waals surface area contributed by atoms with Gasteiger partial charge in [-0.25, -0.2) is 14.8 Å². The van der Waals surface area contributed by atoms with E-state index < -0.39 is 18.2 Å². The Kier molecular flexibility index (Phi) is 5.61. The molecule has 0 aliphatic carbocycles. The minimum atomic E-state index is -4.45. The van der Waals surface area contributed by atoms with E-state index in [0.29, 0.717) is 0 Å². The lowest BCUT2D eigenvalue weighted by molar-refractivity contribution is -0.138. The lowest BCUT2D eigenvalue weighted by Crippen LogP contribution is -2.34. The topological polar surface area (TPSA) is 64.1 Å². The van der Waals surface area contributed by atoms with Gasteiger partial charge < -0.3 is 10.1 Å². The second-order valence-corrected chi connectivity index (χ2v) is 4.52. The molecular formula is C11H14F3N3O2S. The number of hydrogen-bond acceptors (Lipinski definition) is 6. The summed E-state index contributed by atoms with van der Waals surface area (Å²) >= 11 is 1.16. The smallest absolute Gasteiger partial charge is 0.408 e. The van der Waals surface area contributed by atoms with Gasteiger partial charge in [0, 0.05) is 6.20 Å². The standard InChI is InChI=1S/C11H14F3N3O2S/c1-4-19-9(18)7-5-15-10(20-3)17-8(7)16-6(2)11(12,13)14/h5-6H,4H2,1-3H3,(H,15,16,17). The van der Waals surface area contributed by atoms with Crippen LogP contribution < -0.4 is 5.32 Å². The molecule has 0 aliphatic heterocycles. The number of ether oxygens (including phenoxy) is 1. The highest BCUT2D eigenvalue weighted by molar-refractivity contribution is 7.98. The first-order chi connectivity index (χ1) is 9.29. The second kappa shape index (κ2) is 6.78. The molecule has 0 fully saturated rings. The predicted molar refractivity (Wildman–Crippen MR) is 68.9 cm³/mol. The summed E-state index contributed by atoms with van der Waals surface area (Å²) in [5, 5.41) is 2.43. The molecule has 1 aromatic heterocycles. The molecule has 5 nitrogen and oxygen atoms in total. The highest BCUT2D eigenvalue weighted by atomic mass is 32.2. The fourth-order valence-corrected chi connectivity index (χ4v) is 1.56. The minimum Gasteiger partial charge on any atom is -0.462 e. The number of nitrogens with zero attached hydrogens (tertiary/aromatic N) is 2. The van der Waals surface area contributed by atoms with Gasteiger partial charge in [0.25, 0.3) is 0 Å². The van der Waals surface area contributed by atoms with Gasteiger partial charge in [-0.2, -0.15) is 13.2 Å². The molecule has 1 heterocycles. The molecule has 0 amide bonds. The SMILES string of the molecule is CCOC(=O)c1cnc(SC)nc1NC(C)C(F)(F)F. The number of carbonyl (C=O) groups is 1. The fraction of sp³-hybridized carbons (Fsp3) is 0.545. The lowest BCUT2D eigenvalue weighted by atomic mass is 10.2. The van der Waals surface area contributed by atoms with Crippen molar-refractivity contribution in [1.82, 2.24) is 9.97 Å². The van der Waals surface area contributed by atoms with Gasteiger partial charge in [-0.05, 0) is 20.1 Å². The normalized spacial score (nSPS) is 12.9. The van der Waals surface area contributed by atoms with Crippen molar-refractivity contribution in [1.29, 1.82) is 0 Å². The number of anilines is 1. The molecule has 9 heteroatoms. The van der Waals surface area contributed by atoms with Crippen LogP contribution in [-0.2, 0) is 4.74 Å². The van der Waals surface area contributed by atoms with E-state index in [4.69, 9.17) is 4.74 Å². The first-order valence-corrected chi connectivity index (χ1v) is 6.93. The molecule has 1 rings (SSSR count). The van der Waals surface area contributed by atoms with Crippen molar-refractivity contribution in [2.45, 2.75) is 31.2 Å². The number of halogens is 3. The molecule has 0 bridgehead atoms. The van der Waals surface area contributed by atoms with Crippen LogP contribution in [0.4, 0.5) is 19.0 Å². The van der Waals surface area contributed by atoms with E-state index in [9.17, 15) is 18.0 Å². The Bertz CT molecular complexity index is 482. The lowest BCUT2D eigenvalue weighted by Gasteiger charge is -2.19. The van der Waals surface area contributed by atoms with Crippen LogP contribution in [0.15, 0.2) is 11.4 Å². The van der Waals surface area contributed by atoms with Crippen LogP contribution in [-0.4, -0.2) is 41.0 Å². The maximum Gasteiger partial charge on any atom is 0.408 e. The third kappa shape index (κ3) is 4.26. The molecule has 0 aliphatic rings. The number of aromatic nitrogens is 2. The summed E-state index contributed by atoms with van der Waals surface area (Å²) in [6.45, 7) is 2.65. The Morgan fingerprint density at radius 2 is 2.20 bits per heavy atom. The zero-order valence-corrected chi connectivity index (χ0v) is 11.9. The first kappa shape index (κ1) is 16.5. The van der Waals surface area contributed by atoms with Gasteiger partial charge in [0.15, 0.2) is 5.16 Å². The summed E-state index contributed by atoms with van der Waals surface area (Å²) in [5.74, 6) is -0.954. The van der Waals surface area contributed by atoms with Crippen molar-refractivity contribution in [3.8, 4) is 0 Å². The molecular weight excluding hydrogens is 295 g/mol. The molecule has 0 saturated carbocycles. The first-order valence-electron chi connectivity index (χ1n) is 5.71. The Morgan fingerprint density at radius 1 is 1.55 bits per heavy atom. The maximum absolute atomic E-state index is 12.6. The monoisotopic (exact) mass is 309 g/mol. The van der Waals surface area contributed by atoms with Gasteiger partial charge in [0.1, 0.15) is 17.4 Å². The van der Waals surface area contributed by atoms with Crippen molar-refractivity contribution >= 4 is 23.5 Å². The van der Waals surface area contributed by atoms with Crippen LogP contribution in [0.1, 0.15) is 24.2 Å². The van der Waals surface area contributed by atoms with Crippen molar-refractivity contribution in [2.75, 3.05) is 18.2 Å². The third-order valence-electron chi connectivity index (χ3n) is 2.29. The molecule has 0 radical (unpaired) electrons. The van der Waals surface area contributed by atoms with Gasteiger partial charge in [-0.1, -0.05) is 11.8 Å². The van der Waals surface area contributed by atoms with Gasteiger partial charge in [0.2, 0.25) is 0 Å². The molecule has 0 aromatic carbocycles. The average Bonchev–Trinajstić information content (AvgIpc) is 2.37. The van der Waals surface area contributed by atoms with Gasteiger partial charge in [-0.15, -0.1) is 0 Å². The van der Waals surface area contributed by atoms with Crippen LogP contribution >= 0.6 is 11.8 Å². The summed E-state index contributed by atoms with van der Waals surface area (Å²) < 4.78 is 42.5. The van der Waals surface area contributed by atoms with Crippen LogP contribution in [0.3, 0.4) is 0 Å². The fourth-order valence-electron chi connectivity index (χ4n) is 1.22. The van der Waals surface area contributed by atoms with E-state index in [2.05, 4.69) is 15.3 Å². The van der Waals surface area contributed by atoms with E-state index in [-0.39, 0.29) is 23.1 Å². The van der Waals surface area contributed by atoms with Crippen molar-refractivity contribution in [3.05, 3.63) is 11.8 Å². The van der Waals surface area contributed by atoms with E-state index in [1.807, 2.05) is 0 Å². The Balaban J connectivity index is 3.09. The number of carbonyl (C=O) groups excluding carboxylic acids is 1. The highest BCUT2D eigenvalue weighted by Gasteiger charge is 2.37. The molecule has 1 unspecified atom stereocenters. The van der Waals surface area contributed by atoms with Gasteiger partial charge in [0.05, 0.1) is 6.61 Å². The number of thioether (sulfide) groups is 1. The summed E-state index contributed by atoms with van der Waals surface area (Å²) in [5.41, 5.74) is -0.124. The maximum atomic E-state index is 12.6. The van der Waals surface area contributed by atoms with E-state index in [1.54, 1.807) is 13.2 Å². The van der Waals surface area contributed by atoms with E-state index in [0.717, 1.165) is 24.9 Å². The number of nitrogens with one attached hydrogen (secondary N) is 1. The van der Waals surface area contributed by atoms with Crippen LogP contribution in [0.5, 0.6) is 0 Å². The molecule has 112 valence electrons. The predicted octanol–water partition coefficient (Wildman–Crippen LogP) is 2.74. The zero-order valence-electron chi connectivity index (χ0n) is 11.1. The van der Waals surface area contributed by atoms with E-state index in [1.165, 1.54) is 0 Å². The molecule has 20 heavy (non-hydrogen) atoms. The summed E-state index contributed by atoms with van der Waals surface area (Å²) in [6, 6.07) is -1.85. The molecule has 0 saturated heterocycles. The third-order valence-corrected chi connectivity index (χ3v) is 2.85.